The van der Waals surface area contributed by atoms with Gasteiger partial charge in [0.15, 0.2) is 0 Å². The van der Waals surface area contributed by atoms with Crippen molar-refractivity contribution in [1.29, 1.82) is 0 Å². The average Bonchev–Trinajstić information content (AvgIpc) is 2.17. The molecule has 2 atom stereocenters. The second-order valence-electron chi connectivity index (χ2n) is 3.52. The molecule has 3 nitrogen and oxygen atoms in total. The third kappa shape index (κ3) is 4.17. The maximum Gasteiger partial charge on any atom is 0.391 e. The Bertz CT molecular complexity index is 235. The van der Waals surface area contributed by atoms with E-state index in [1.165, 1.54) is 0 Å². The van der Waals surface area contributed by atoms with E-state index in [9.17, 15) is 18.0 Å². The third-order valence-corrected chi connectivity index (χ3v) is 2.44. The number of hydrogen-bond acceptors (Lipinski definition) is 3. The molecule has 16 heavy (non-hydrogen) atoms. The van der Waals surface area contributed by atoms with E-state index in [0.717, 1.165) is 0 Å². The predicted octanol–water partition coefficient (Wildman–Crippen LogP) is 1.90. The molecule has 1 heterocycles. The van der Waals surface area contributed by atoms with Gasteiger partial charge in [0.2, 0.25) is 0 Å². The van der Waals surface area contributed by atoms with E-state index in [1.54, 1.807) is 6.92 Å². The number of nitrogens with one attached hydrogen (secondary N) is 1. The number of rotatable bonds is 2. The van der Waals surface area contributed by atoms with Crippen LogP contribution in [-0.4, -0.2) is 31.3 Å². The zero-order valence-corrected chi connectivity index (χ0v) is 9.66. The molecule has 0 saturated carbocycles. The maximum atomic E-state index is 12.4. The minimum absolute atomic E-state index is 0. The van der Waals surface area contributed by atoms with Crippen LogP contribution in [0.2, 0.25) is 0 Å². The van der Waals surface area contributed by atoms with Crippen LogP contribution in [0, 0.1) is 5.92 Å². The molecule has 0 aliphatic carbocycles. The molecule has 1 saturated heterocycles. The Morgan fingerprint density at radius 2 is 2.12 bits per heavy atom. The average molecular weight is 262 g/mol. The lowest BCUT2D eigenvalue weighted by atomic mass is 9.92. The molecule has 0 aromatic rings. The van der Waals surface area contributed by atoms with Crippen LogP contribution in [0.25, 0.3) is 0 Å². The second kappa shape index (κ2) is 6.30. The van der Waals surface area contributed by atoms with E-state index >= 15 is 0 Å². The molecule has 1 aliphatic heterocycles. The highest BCUT2D eigenvalue weighted by Gasteiger charge is 2.43. The maximum absolute atomic E-state index is 12.4. The summed E-state index contributed by atoms with van der Waals surface area (Å²) in [6.45, 7) is 2.02. The fourth-order valence-corrected chi connectivity index (χ4v) is 1.64. The van der Waals surface area contributed by atoms with Gasteiger partial charge in [-0.3, -0.25) is 4.79 Å². The highest BCUT2D eigenvalue weighted by molar-refractivity contribution is 5.85. The van der Waals surface area contributed by atoms with Crippen LogP contribution in [0.5, 0.6) is 0 Å². The first-order chi connectivity index (χ1) is 6.95. The Hall–Kier alpha value is -0.490. The van der Waals surface area contributed by atoms with Gasteiger partial charge in [-0.2, -0.15) is 13.2 Å². The van der Waals surface area contributed by atoms with Gasteiger partial charge in [0.05, 0.1) is 12.5 Å². The number of piperidine rings is 1. The summed E-state index contributed by atoms with van der Waals surface area (Å²) in [4.78, 5) is 11.2. The number of carbonyl (C=O) groups is 1. The minimum Gasteiger partial charge on any atom is -0.465 e. The Balaban J connectivity index is 0.00000225. The molecule has 0 radical (unpaired) electrons. The molecule has 1 rings (SSSR count). The molecular formula is C9H15ClF3NO2. The molecule has 0 amide bonds. The van der Waals surface area contributed by atoms with Crippen molar-refractivity contribution in [2.75, 3.05) is 13.2 Å². The molecule has 0 bridgehead atoms. The molecule has 1 N–H and O–H groups in total. The highest BCUT2D eigenvalue weighted by atomic mass is 35.5. The van der Waals surface area contributed by atoms with Crippen LogP contribution in [0.1, 0.15) is 19.8 Å². The van der Waals surface area contributed by atoms with E-state index in [4.69, 9.17) is 0 Å². The summed E-state index contributed by atoms with van der Waals surface area (Å²) in [6, 6.07) is -0.815. The molecular weight excluding hydrogens is 247 g/mol. The fourth-order valence-electron chi connectivity index (χ4n) is 1.64. The van der Waals surface area contributed by atoms with Crippen molar-refractivity contribution in [2.45, 2.75) is 32.0 Å². The van der Waals surface area contributed by atoms with Crippen molar-refractivity contribution in [3.63, 3.8) is 0 Å². The fraction of sp³-hybridized carbons (Fsp3) is 0.889. The van der Waals surface area contributed by atoms with Crippen LogP contribution in [0.15, 0.2) is 0 Å². The quantitative estimate of drug-likeness (QED) is 0.772. The summed E-state index contributed by atoms with van der Waals surface area (Å²) in [6.07, 6.45) is -4.41. The van der Waals surface area contributed by atoms with Gasteiger partial charge < -0.3 is 10.1 Å². The number of alkyl halides is 3. The van der Waals surface area contributed by atoms with E-state index in [-0.39, 0.29) is 38.4 Å². The van der Waals surface area contributed by atoms with Gasteiger partial charge in [0, 0.05) is 0 Å². The monoisotopic (exact) mass is 261 g/mol. The Morgan fingerprint density at radius 3 is 2.62 bits per heavy atom. The van der Waals surface area contributed by atoms with Gasteiger partial charge >= 0.3 is 12.1 Å². The van der Waals surface area contributed by atoms with Crippen LogP contribution >= 0.6 is 12.4 Å². The Morgan fingerprint density at radius 1 is 1.50 bits per heavy atom. The van der Waals surface area contributed by atoms with Gasteiger partial charge in [0.25, 0.3) is 0 Å². The lowest BCUT2D eigenvalue weighted by Crippen LogP contribution is -2.47. The summed E-state index contributed by atoms with van der Waals surface area (Å²) in [5, 5.41) is 2.73. The van der Waals surface area contributed by atoms with Crippen molar-refractivity contribution in [3.05, 3.63) is 0 Å². The lowest BCUT2D eigenvalue weighted by molar-refractivity contribution is -0.185. The van der Waals surface area contributed by atoms with Crippen LogP contribution in [0.4, 0.5) is 13.2 Å². The van der Waals surface area contributed by atoms with Crippen LogP contribution < -0.4 is 5.32 Å². The molecule has 0 spiro atoms. The number of carbonyl (C=O) groups excluding carboxylic acids is 1. The summed E-state index contributed by atoms with van der Waals surface area (Å²) in [7, 11) is 0. The summed E-state index contributed by atoms with van der Waals surface area (Å²) >= 11 is 0. The van der Waals surface area contributed by atoms with Gasteiger partial charge in [-0.05, 0) is 26.3 Å². The van der Waals surface area contributed by atoms with Crippen molar-refractivity contribution in [2.24, 2.45) is 5.92 Å². The van der Waals surface area contributed by atoms with E-state index < -0.39 is 24.1 Å². The smallest absolute Gasteiger partial charge is 0.391 e. The third-order valence-electron chi connectivity index (χ3n) is 2.44. The molecule has 0 unspecified atom stereocenters. The van der Waals surface area contributed by atoms with E-state index in [2.05, 4.69) is 10.1 Å². The Kier molecular flexibility index (Phi) is 6.10. The Labute approximate surface area is 98.1 Å². The molecule has 7 heteroatoms. The molecule has 0 aromatic heterocycles. The summed E-state index contributed by atoms with van der Waals surface area (Å²) < 4.78 is 41.8. The zero-order valence-electron chi connectivity index (χ0n) is 8.84. The van der Waals surface area contributed by atoms with Crippen LogP contribution in [0.3, 0.4) is 0 Å². The zero-order chi connectivity index (χ0) is 11.5. The lowest BCUT2D eigenvalue weighted by Gasteiger charge is -2.30. The minimum atomic E-state index is -4.22. The van der Waals surface area contributed by atoms with Gasteiger partial charge in [-0.25, -0.2) is 0 Å². The first-order valence-corrected chi connectivity index (χ1v) is 4.92. The first-order valence-electron chi connectivity index (χ1n) is 4.92. The number of esters is 1. The SMILES string of the molecule is CCOC(=O)[C@@H]1C[C@H](C(F)(F)F)CCN1.Cl. The van der Waals surface area contributed by atoms with Gasteiger partial charge in [0.1, 0.15) is 6.04 Å². The van der Waals surface area contributed by atoms with Crippen molar-refractivity contribution >= 4 is 18.4 Å². The van der Waals surface area contributed by atoms with Crippen molar-refractivity contribution in [3.8, 4) is 0 Å². The van der Waals surface area contributed by atoms with Crippen molar-refractivity contribution in [1.82, 2.24) is 5.32 Å². The number of halogens is 4. The topological polar surface area (TPSA) is 38.3 Å². The molecule has 1 aliphatic rings. The van der Waals surface area contributed by atoms with Gasteiger partial charge in [-0.1, -0.05) is 0 Å². The normalized spacial score (nSPS) is 25.8. The summed E-state index contributed by atoms with van der Waals surface area (Å²) in [5.41, 5.74) is 0. The number of ether oxygens (including phenoxy) is 1. The highest BCUT2D eigenvalue weighted by Crippen LogP contribution is 2.34. The largest absolute Gasteiger partial charge is 0.465 e. The van der Waals surface area contributed by atoms with Crippen LogP contribution in [-0.2, 0) is 9.53 Å². The second-order valence-corrected chi connectivity index (χ2v) is 3.52. The van der Waals surface area contributed by atoms with Crippen molar-refractivity contribution < 1.29 is 22.7 Å². The van der Waals surface area contributed by atoms with E-state index in [0.29, 0.717) is 0 Å². The predicted molar refractivity (Wildman–Crippen MR) is 54.5 cm³/mol. The molecule has 1 fully saturated rings. The standard InChI is InChI=1S/C9H14F3NO2.ClH/c1-2-15-8(14)7-5-6(3-4-13-7)9(10,11)12;/h6-7,13H,2-5H2,1H3;1H/t6-,7+;/m1./s1. The van der Waals surface area contributed by atoms with E-state index in [1.807, 2.05) is 0 Å². The first kappa shape index (κ1) is 15.5. The molecule has 96 valence electrons. The molecule has 0 aromatic carbocycles. The summed E-state index contributed by atoms with van der Waals surface area (Å²) in [5.74, 6) is -1.99. The van der Waals surface area contributed by atoms with Gasteiger partial charge in [-0.15, -0.1) is 12.4 Å². The number of hydrogen-bond donors (Lipinski definition) is 1.